The van der Waals surface area contributed by atoms with Gasteiger partial charge in [-0.3, -0.25) is 0 Å². The quantitative estimate of drug-likeness (QED) is 0.768. The minimum absolute atomic E-state index is 0.266. The van der Waals surface area contributed by atoms with Crippen LogP contribution < -0.4 is 5.32 Å². The highest BCUT2D eigenvalue weighted by atomic mass is 14.9. The molecule has 0 aliphatic carbocycles. The number of benzene rings is 1. The third kappa shape index (κ3) is 3.97. The van der Waals surface area contributed by atoms with Crippen molar-refractivity contribution in [2.24, 2.45) is 0 Å². The minimum Gasteiger partial charge on any atom is -0.314 e. The maximum Gasteiger partial charge on any atom is 0.00361 e. The molecule has 90 valence electrons. The molecule has 0 bridgehead atoms. The van der Waals surface area contributed by atoms with Crippen molar-refractivity contribution in [1.29, 1.82) is 0 Å². The summed E-state index contributed by atoms with van der Waals surface area (Å²) in [4.78, 5) is 0. The molecule has 0 saturated carbocycles. The van der Waals surface area contributed by atoms with Crippen molar-refractivity contribution in [1.82, 2.24) is 5.32 Å². The highest BCUT2D eigenvalue weighted by Gasteiger charge is 2.19. The molecule has 1 N–H and O–H groups in total. The lowest BCUT2D eigenvalue weighted by Crippen LogP contribution is -2.30. The van der Waals surface area contributed by atoms with E-state index < -0.39 is 0 Å². The van der Waals surface area contributed by atoms with Crippen LogP contribution in [0.15, 0.2) is 30.3 Å². The Labute approximate surface area is 100 Å². The smallest absolute Gasteiger partial charge is 0.00361 e. The first-order valence-electron chi connectivity index (χ1n) is 6.35. The molecule has 1 rings (SSSR count). The van der Waals surface area contributed by atoms with Gasteiger partial charge in [0.15, 0.2) is 0 Å². The molecule has 0 saturated heterocycles. The fraction of sp³-hybridized carbons (Fsp3) is 0.600. The fourth-order valence-electron chi connectivity index (χ4n) is 1.81. The zero-order valence-corrected chi connectivity index (χ0v) is 11.1. The fourth-order valence-corrected chi connectivity index (χ4v) is 1.81. The summed E-state index contributed by atoms with van der Waals surface area (Å²) in [7, 11) is 0. The average molecular weight is 219 g/mol. The molecule has 1 nitrogen and oxygen atoms in total. The van der Waals surface area contributed by atoms with E-state index in [1.54, 1.807) is 0 Å². The van der Waals surface area contributed by atoms with Crippen molar-refractivity contribution in [2.45, 2.75) is 52.0 Å². The van der Waals surface area contributed by atoms with Crippen LogP contribution in [-0.4, -0.2) is 12.6 Å². The van der Waals surface area contributed by atoms with E-state index in [2.05, 4.69) is 63.3 Å². The highest BCUT2D eigenvalue weighted by molar-refractivity contribution is 5.23. The Morgan fingerprint density at radius 3 is 2.38 bits per heavy atom. The number of hydrogen-bond acceptors (Lipinski definition) is 1. The summed E-state index contributed by atoms with van der Waals surface area (Å²) in [5.41, 5.74) is 1.70. The second-order valence-corrected chi connectivity index (χ2v) is 5.26. The summed E-state index contributed by atoms with van der Waals surface area (Å²) in [5.74, 6) is 0. The zero-order chi connectivity index (χ0) is 12.0. The van der Waals surface area contributed by atoms with Gasteiger partial charge in [0.2, 0.25) is 0 Å². The van der Waals surface area contributed by atoms with Gasteiger partial charge in [-0.15, -0.1) is 0 Å². The van der Waals surface area contributed by atoms with E-state index >= 15 is 0 Å². The van der Waals surface area contributed by atoms with Crippen LogP contribution in [0.25, 0.3) is 0 Å². The van der Waals surface area contributed by atoms with Gasteiger partial charge < -0.3 is 5.32 Å². The first kappa shape index (κ1) is 13.2. The van der Waals surface area contributed by atoms with Crippen LogP contribution in [0, 0.1) is 0 Å². The van der Waals surface area contributed by atoms with Gasteiger partial charge in [-0.2, -0.15) is 0 Å². The van der Waals surface area contributed by atoms with E-state index in [1.165, 1.54) is 18.4 Å². The molecule has 0 aromatic heterocycles. The lowest BCUT2D eigenvalue weighted by molar-refractivity contribution is 0.430. The predicted octanol–water partition coefficient (Wildman–Crippen LogP) is 3.74. The molecular weight excluding hydrogens is 194 g/mol. The van der Waals surface area contributed by atoms with Crippen LogP contribution in [0.1, 0.15) is 46.1 Å². The molecule has 1 heteroatoms. The van der Waals surface area contributed by atoms with Gasteiger partial charge in [0.25, 0.3) is 0 Å². The summed E-state index contributed by atoms with van der Waals surface area (Å²) in [5, 5.41) is 3.56. The van der Waals surface area contributed by atoms with Crippen LogP contribution in [0.2, 0.25) is 0 Å². The van der Waals surface area contributed by atoms with Gasteiger partial charge in [0.05, 0.1) is 0 Å². The molecule has 0 aliphatic rings. The Hall–Kier alpha value is -0.820. The molecular formula is C15H25N. The summed E-state index contributed by atoms with van der Waals surface area (Å²) >= 11 is 0. The Bertz CT molecular complexity index is 290. The van der Waals surface area contributed by atoms with Crippen LogP contribution in [-0.2, 0) is 5.41 Å². The average Bonchev–Trinajstić information content (AvgIpc) is 2.30. The molecule has 0 heterocycles. The first-order valence-corrected chi connectivity index (χ1v) is 6.35. The Morgan fingerprint density at radius 1 is 1.19 bits per heavy atom. The van der Waals surface area contributed by atoms with Crippen LogP contribution in [0.5, 0.6) is 0 Å². The highest BCUT2D eigenvalue weighted by Crippen LogP contribution is 2.26. The molecule has 1 unspecified atom stereocenters. The largest absolute Gasteiger partial charge is 0.314 e. The topological polar surface area (TPSA) is 12.0 Å². The van der Waals surface area contributed by atoms with Crippen molar-refractivity contribution in [3.05, 3.63) is 35.9 Å². The van der Waals surface area contributed by atoms with Crippen molar-refractivity contribution in [3.8, 4) is 0 Å². The van der Waals surface area contributed by atoms with Crippen molar-refractivity contribution >= 4 is 0 Å². The summed E-state index contributed by atoms with van der Waals surface area (Å²) in [6, 6.07) is 11.4. The Balaban J connectivity index is 2.46. The van der Waals surface area contributed by atoms with E-state index in [4.69, 9.17) is 0 Å². The SMILES string of the molecule is CCC(C)NCCC(C)(C)c1ccccc1. The van der Waals surface area contributed by atoms with Crippen molar-refractivity contribution in [3.63, 3.8) is 0 Å². The molecule has 0 aliphatic heterocycles. The van der Waals surface area contributed by atoms with E-state index in [0.717, 1.165) is 6.54 Å². The van der Waals surface area contributed by atoms with E-state index in [0.29, 0.717) is 6.04 Å². The summed E-state index contributed by atoms with van der Waals surface area (Å²) < 4.78 is 0. The first-order chi connectivity index (χ1) is 7.56. The predicted molar refractivity (Wildman–Crippen MR) is 71.8 cm³/mol. The van der Waals surface area contributed by atoms with Gasteiger partial charge in [-0.05, 0) is 37.3 Å². The Kier molecular flexibility index (Phi) is 5.01. The second kappa shape index (κ2) is 6.05. The van der Waals surface area contributed by atoms with E-state index in [9.17, 15) is 0 Å². The summed E-state index contributed by atoms with van der Waals surface area (Å²) in [6.07, 6.45) is 2.38. The molecule has 0 radical (unpaired) electrons. The standard InChI is InChI=1S/C15H25N/c1-5-13(2)16-12-11-15(3,4)14-9-7-6-8-10-14/h6-10,13,16H,5,11-12H2,1-4H3. The van der Waals surface area contributed by atoms with Gasteiger partial charge in [-0.1, -0.05) is 51.1 Å². The molecule has 1 aromatic rings. The molecule has 0 fully saturated rings. The number of hydrogen-bond donors (Lipinski definition) is 1. The van der Waals surface area contributed by atoms with Gasteiger partial charge >= 0.3 is 0 Å². The van der Waals surface area contributed by atoms with Crippen molar-refractivity contribution < 1.29 is 0 Å². The van der Waals surface area contributed by atoms with E-state index in [-0.39, 0.29) is 5.41 Å². The Morgan fingerprint density at radius 2 is 1.81 bits per heavy atom. The molecule has 16 heavy (non-hydrogen) atoms. The van der Waals surface area contributed by atoms with Crippen molar-refractivity contribution in [2.75, 3.05) is 6.54 Å². The number of nitrogens with one attached hydrogen (secondary N) is 1. The lowest BCUT2D eigenvalue weighted by Gasteiger charge is -2.26. The van der Waals surface area contributed by atoms with Crippen LogP contribution in [0.4, 0.5) is 0 Å². The second-order valence-electron chi connectivity index (χ2n) is 5.26. The normalized spacial score (nSPS) is 13.8. The molecule has 1 aromatic carbocycles. The van der Waals surface area contributed by atoms with Gasteiger partial charge in [0.1, 0.15) is 0 Å². The lowest BCUT2D eigenvalue weighted by atomic mass is 9.81. The maximum absolute atomic E-state index is 3.56. The molecule has 0 amide bonds. The maximum atomic E-state index is 3.56. The zero-order valence-electron chi connectivity index (χ0n) is 11.1. The van der Waals surface area contributed by atoms with Crippen LogP contribution in [0.3, 0.4) is 0 Å². The third-order valence-corrected chi connectivity index (χ3v) is 3.41. The summed E-state index contributed by atoms with van der Waals surface area (Å²) in [6.45, 7) is 10.2. The number of rotatable bonds is 6. The van der Waals surface area contributed by atoms with Gasteiger partial charge in [-0.25, -0.2) is 0 Å². The van der Waals surface area contributed by atoms with Crippen LogP contribution >= 0.6 is 0 Å². The third-order valence-electron chi connectivity index (χ3n) is 3.41. The van der Waals surface area contributed by atoms with Gasteiger partial charge in [0, 0.05) is 6.04 Å². The molecule has 0 spiro atoms. The molecule has 1 atom stereocenters. The monoisotopic (exact) mass is 219 g/mol. The van der Waals surface area contributed by atoms with E-state index in [1.807, 2.05) is 0 Å². The minimum atomic E-state index is 0.266.